The van der Waals surface area contributed by atoms with Crippen molar-refractivity contribution in [2.24, 2.45) is 4.99 Å². The van der Waals surface area contributed by atoms with E-state index in [2.05, 4.69) is 154 Å². The van der Waals surface area contributed by atoms with Gasteiger partial charge >= 0.3 is 0 Å². The number of rotatable bonds is 11. The van der Waals surface area contributed by atoms with Crippen LogP contribution in [0.25, 0.3) is 22.5 Å². The number of benzene rings is 5. The van der Waals surface area contributed by atoms with Gasteiger partial charge in [-0.15, -0.1) is 10.2 Å². The number of amidine groups is 1. The minimum atomic E-state index is -0.777. The molecular weight excluding hydrogens is 629 g/mol. The molecule has 8 rings (SSSR count). The van der Waals surface area contributed by atoms with Crippen LogP contribution in [0.2, 0.25) is 0 Å². The molecule has 1 aliphatic carbocycles. The van der Waals surface area contributed by atoms with E-state index in [0.29, 0.717) is 5.82 Å². The standard InChI is InChI=1S/C44H42N6O/c1-2-3-25-39-45-43(30-15-16-31-43)42(51)50(39)40(33-28-26-32(27-29-33)37-23-13-14-24-38(37)41-46-48-49-47-41)44(34-17-7-4-8-18-34,35-19-9-5-10-20-35)36-21-11-6-12-22-36/h4-14,17-24,26-29,40H,2-3,15-16,25,30-31H2,1H3,(H,46,47,48,49). The Hall–Kier alpha value is -5.69. The van der Waals surface area contributed by atoms with Crippen molar-refractivity contribution in [3.05, 3.63) is 162 Å². The Kier molecular flexibility index (Phi) is 8.86. The highest BCUT2D eigenvalue weighted by Crippen LogP contribution is 2.54. The number of aromatic amines is 1. The average Bonchev–Trinajstić information content (AvgIpc) is 3.97. The average molecular weight is 671 g/mol. The summed E-state index contributed by atoms with van der Waals surface area (Å²) < 4.78 is 0. The predicted molar refractivity (Wildman–Crippen MR) is 202 cm³/mol. The van der Waals surface area contributed by atoms with Gasteiger partial charge in [0, 0.05) is 12.0 Å². The van der Waals surface area contributed by atoms with Crippen LogP contribution in [0, 0.1) is 0 Å². The van der Waals surface area contributed by atoms with E-state index in [0.717, 1.165) is 89.7 Å². The van der Waals surface area contributed by atoms with Crippen LogP contribution in [0.1, 0.15) is 80.2 Å². The molecule has 7 nitrogen and oxygen atoms in total. The predicted octanol–water partition coefficient (Wildman–Crippen LogP) is 9.35. The Morgan fingerprint density at radius 2 is 1.27 bits per heavy atom. The van der Waals surface area contributed by atoms with Crippen molar-refractivity contribution >= 4 is 11.7 Å². The van der Waals surface area contributed by atoms with E-state index in [-0.39, 0.29) is 5.91 Å². The summed E-state index contributed by atoms with van der Waals surface area (Å²) >= 11 is 0. The summed E-state index contributed by atoms with van der Waals surface area (Å²) in [5, 5.41) is 14.9. The molecule has 51 heavy (non-hydrogen) atoms. The number of aromatic nitrogens is 4. The number of carbonyl (C=O) groups is 1. The summed E-state index contributed by atoms with van der Waals surface area (Å²) in [4.78, 5) is 22.9. The zero-order chi connectivity index (χ0) is 34.7. The van der Waals surface area contributed by atoms with Gasteiger partial charge in [-0.1, -0.05) is 166 Å². The van der Waals surface area contributed by atoms with Gasteiger partial charge in [0.1, 0.15) is 11.4 Å². The molecule has 2 aliphatic rings. The first-order chi connectivity index (χ1) is 25.2. The molecule has 1 N–H and O–H groups in total. The fourth-order valence-electron chi connectivity index (χ4n) is 8.47. The maximum atomic E-state index is 15.3. The second-order valence-corrected chi connectivity index (χ2v) is 13.8. The zero-order valence-electron chi connectivity index (χ0n) is 29.0. The fraction of sp³-hybridized carbons (Fsp3) is 0.250. The van der Waals surface area contributed by atoms with Crippen LogP contribution in [0.5, 0.6) is 0 Å². The number of tetrazole rings is 1. The first kappa shape index (κ1) is 32.5. The van der Waals surface area contributed by atoms with Crippen molar-refractivity contribution in [1.29, 1.82) is 0 Å². The minimum Gasteiger partial charge on any atom is -0.289 e. The minimum absolute atomic E-state index is 0.134. The number of H-pyrrole nitrogens is 1. The zero-order valence-corrected chi connectivity index (χ0v) is 29.0. The summed E-state index contributed by atoms with van der Waals surface area (Å²) in [6.45, 7) is 2.21. The van der Waals surface area contributed by atoms with Crippen molar-refractivity contribution in [1.82, 2.24) is 25.5 Å². The molecular formula is C44H42N6O. The van der Waals surface area contributed by atoms with Crippen LogP contribution in [-0.4, -0.2) is 42.8 Å². The van der Waals surface area contributed by atoms with Crippen molar-refractivity contribution < 1.29 is 4.79 Å². The smallest absolute Gasteiger partial charge is 0.256 e. The quantitative estimate of drug-likeness (QED) is 0.139. The van der Waals surface area contributed by atoms with E-state index >= 15 is 4.79 Å². The lowest BCUT2D eigenvalue weighted by Gasteiger charge is -2.47. The summed E-state index contributed by atoms with van der Waals surface area (Å²) in [7, 11) is 0. The van der Waals surface area contributed by atoms with E-state index in [1.165, 1.54) is 0 Å². The third kappa shape index (κ3) is 5.67. The molecule has 1 fully saturated rings. The summed E-state index contributed by atoms with van der Waals surface area (Å²) in [5.74, 6) is 1.59. The first-order valence-corrected chi connectivity index (χ1v) is 18.2. The summed E-state index contributed by atoms with van der Waals surface area (Å²) in [5.41, 5.74) is 5.87. The number of unbranched alkanes of at least 4 members (excludes halogenated alkanes) is 1. The lowest BCUT2D eigenvalue weighted by Crippen LogP contribution is -2.51. The van der Waals surface area contributed by atoms with Gasteiger partial charge in [0.25, 0.3) is 5.91 Å². The molecule has 0 saturated heterocycles. The van der Waals surface area contributed by atoms with Crippen LogP contribution in [0.3, 0.4) is 0 Å². The molecule has 1 aliphatic heterocycles. The number of aliphatic imine (C=N–C) groups is 1. The maximum absolute atomic E-state index is 15.3. The van der Waals surface area contributed by atoms with Crippen molar-refractivity contribution in [2.75, 3.05) is 0 Å². The molecule has 0 radical (unpaired) electrons. The third-order valence-corrected chi connectivity index (χ3v) is 10.8. The molecule has 1 atom stereocenters. The van der Waals surface area contributed by atoms with Crippen LogP contribution in [0.4, 0.5) is 0 Å². The number of nitrogens with one attached hydrogen (secondary N) is 1. The fourth-order valence-corrected chi connectivity index (χ4v) is 8.47. The van der Waals surface area contributed by atoms with Gasteiger partial charge in [0.15, 0.2) is 0 Å². The van der Waals surface area contributed by atoms with Crippen LogP contribution in [0.15, 0.2) is 145 Å². The maximum Gasteiger partial charge on any atom is 0.256 e. The van der Waals surface area contributed by atoms with E-state index in [1.54, 1.807) is 0 Å². The van der Waals surface area contributed by atoms with Gasteiger partial charge in [0.05, 0.1) is 11.5 Å². The number of hydrogen-bond acceptors (Lipinski definition) is 5. The Balaban J connectivity index is 1.40. The van der Waals surface area contributed by atoms with E-state index in [1.807, 2.05) is 18.2 Å². The monoisotopic (exact) mass is 670 g/mol. The molecule has 7 heteroatoms. The Morgan fingerprint density at radius 1 is 0.725 bits per heavy atom. The second kappa shape index (κ2) is 13.9. The number of nitrogens with zero attached hydrogens (tertiary/aromatic N) is 5. The third-order valence-electron chi connectivity index (χ3n) is 10.8. The van der Waals surface area contributed by atoms with E-state index in [9.17, 15) is 0 Å². The number of amides is 1. The molecule has 2 heterocycles. The lowest BCUT2D eigenvalue weighted by molar-refractivity contribution is -0.133. The largest absolute Gasteiger partial charge is 0.289 e. The van der Waals surface area contributed by atoms with E-state index < -0.39 is 17.0 Å². The SMILES string of the molecule is CCCCC1=NC2(CCCC2)C(=O)N1C(c1ccc(-c2ccccc2-c2nn[nH]n2)cc1)C(c1ccccc1)(c1ccccc1)c1ccccc1. The molecule has 5 aromatic carbocycles. The number of carbonyl (C=O) groups excluding carboxylic acids is 1. The number of hydrogen-bond donors (Lipinski definition) is 1. The topological polar surface area (TPSA) is 87.1 Å². The van der Waals surface area contributed by atoms with Crippen molar-refractivity contribution in [3.8, 4) is 22.5 Å². The highest BCUT2D eigenvalue weighted by molar-refractivity contribution is 6.09. The highest BCUT2D eigenvalue weighted by atomic mass is 16.2. The van der Waals surface area contributed by atoms with Crippen molar-refractivity contribution in [3.63, 3.8) is 0 Å². The van der Waals surface area contributed by atoms with Crippen LogP contribution >= 0.6 is 0 Å². The summed E-state index contributed by atoms with van der Waals surface area (Å²) in [6, 6.07) is 48.6. The van der Waals surface area contributed by atoms with Crippen molar-refractivity contribution in [2.45, 2.75) is 68.9 Å². The Labute approximate surface area is 299 Å². The van der Waals surface area contributed by atoms with Crippen LogP contribution in [-0.2, 0) is 10.2 Å². The first-order valence-electron chi connectivity index (χ1n) is 18.2. The second-order valence-electron chi connectivity index (χ2n) is 13.8. The molecule has 6 aromatic rings. The lowest BCUT2D eigenvalue weighted by atomic mass is 9.62. The molecule has 1 saturated carbocycles. The van der Waals surface area contributed by atoms with Gasteiger partial charge in [-0.25, -0.2) is 0 Å². The Bertz CT molecular complexity index is 2010. The molecule has 0 bridgehead atoms. The molecule has 1 spiro atoms. The Morgan fingerprint density at radius 3 is 1.80 bits per heavy atom. The highest BCUT2D eigenvalue weighted by Gasteiger charge is 2.57. The van der Waals surface area contributed by atoms with Gasteiger partial charge in [-0.05, 0) is 57.9 Å². The van der Waals surface area contributed by atoms with Gasteiger partial charge in [-0.3, -0.25) is 14.7 Å². The van der Waals surface area contributed by atoms with Crippen LogP contribution < -0.4 is 0 Å². The molecule has 1 aromatic heterocycles. The van der Waals surface area contributed by atoms with Gasteiger partial charge < -0.3 is 0 Å². The molecule has 1 unspecified atom stereocenters. The summed E-state index contributed by atoms with van der Waals surface area (Å²) in [6.07, 6.45) is 6.37. The van der Waals surface area contributed by atoms with Gasteiger partial charge in [-0.2, -0.15) is 5.21 Å². The van der Waals surface area contributed by atoms with E-state index in [4.69, 9.17) is 4.99 Å². The molecule has 254 valence electrons. The van der Waals surface area contributed by atoms with Gasteiger partial charge in [0.2, 0.25) is 5.82 Å². The normalized spacial score (nSPS) is 16.1. The molecule has 1 amide bonds.